The standard InChI is InChI=1S/C15H21BrFNS/c1-2-6-18-15(11-5-7-19-10-11)9-12-8-13(16)3-4-14(12)17/h3-4,8,11,15,18H,2,5-7,9-10H2,1H3. The van der Waals surface area contributed by atoms with Crippen LogP contribution in [0.1, 0.15) is 25.3 Å². The first kappa shape index (κ1) is 15.3. The maximum absolute atomic E-state index is 13.9. The number of halogens is 2. The Balaban J connectivity index is 2.07. The molecule has 1 nitrogen and oxygen atoms in total. The van der Waals surface area contributed by atoms with Gasteiger partial charge in [0.25, 0.3) is 0 Å². The molecule has 1 aromatic carbocycles. The van der Waals surface area contributed by atoms with Crippen LogP contribution in [0.2, 0.25) is 0 Å². The van der Waals surface area contributed by atoms with Gasteiger partial charge in [-0.05, 0) is 67.0 Å². The smallest absolute Gasteiger partial charge is 0.126 e. The molecule has 4 heteroatoms. The average molecular weight is 346 g/mol. The van der Waals surface area contributed by atoms with Crippen molar-refractivity contribution in [1.29, 1.82) is 0 Å². The van der Waals surface area contributed by atoms with Gasteiger partial charge in [-0.1, -0.05) is 22.9 Å². The average Bonchev–Trinajstić information content (AvgIpc) is 2.92. The predicted molar refractivity (Wildman–Crippen MR) is 85.3 cm³/mol. The van der Waals surface area contributed by atoms with Crippen molar-refractivity contribution in [1.82, 2.24) is 5.32 Å². The molecule has 19 heavy (non-hydrogen) atoms. The first-order valence-corrected chi connectivity index (χ1v) is 8.90. The van der Waals surface area contributed by atoms with E-state index >= 15 is 0 Å². The summed E-state index contributed by atoms with van der Waals surface area (Å²) in [6.45, 7) is 3.19. The first-order valence-electron chi connectivity index (χ1n) is 6.95. The van der Waals surface area contributed by atoms with Crippen LogP contribution >= 0.6 is 27.7 Å². The van der Waals surface area contributed by atoms with Gasteiger partial charge >= 0.3 is 0 Å². The van der Waals surface area contributed by atoms with Gasteiger partial charge in [-0.2, -0.15) is 11.8 Å². The third kappa shape index (κ3) is 4.47. The number of thioether (sulfide) groups is 1. The molecule has 2 atom stereocenters. The molecule has 0 aliphatic carbocycles. The molecule has 1 N–H and O–H groups in total. The van der Waals surface area contributed by atoms with Crippen LogP contribution in [0, 0.1) is 11.7 Å². The zero-order valence-electron chi connectivity index (χ0n) is 11.3. The van der Waals surface area contributed by atoms with E-state index in [1.807, 2.05) is 17.8 Å². The number of hydrogen-bond donors (Lipinski definition) is 1. The van der Waals surface area contributed by atoms with Crippen molar-refractivity contribution in [3.63, 3.8) is 0 Å². The van der Waals surface area contributed by atoms with Crippen LogP contribution in [0.4, 0.5) is 4.39 Å². The fourth-order valence-corrected chi connectivity index (χ4v) is 4.29. The third-order valence-corrected chi connectivity index (χ3v) is 5.32. The van der Waals surface area contributed by atoms with Gasteiger partial charge < -0.3 is 5.32 Å². The van der Waals surface area contributed by atoms with Gasteiger partial charge in [-0.3, -0.25) is 0 Å². The molecule has 1 aliphatic heterocycles. The third-order valence-electron chi connectivity index (χ3n) is 3.64. The second-order valence-corrected chi connectivity index (χ2v) is 7.19. The summed E-state index contributed by atoms with van der Waals surface area (Å²) < 4.78 is 14.8. The summed E-state index contributed by atoms with van der Waals surface area (Å²) in [7, 11) is 0. The molecule has 1 fully saturated rings. The lowest BCUT2D eigenvalue weighted by atomic mass is 9.92. The second-order valence-electron chi connectivity index (χ2n) is 5.12. The van der Waals surface area contributed by atoms with Crippen molar-refractivity contribution in [3.05, 3.63) is 34.1 Å². The Hall–Kier alpha value is -0.0600. The van der Waals surface area contributed by atoms with Gasteiger partial charge in [0.05, 0.1) is 0 Å². The maximum atomic E-state index is 13.9. The van der Waals surface area contributed by atoms with Gasteiger partial charge in [0.15, 0.2) is 0 Å². The van der Waals surface area contributed by atoms with Gasteiger partial charge in [0, 0.05) is 10.5 Å². The van der Waals surface area contributed by atoms with E-state index < -0.39 is 0 Å². The number of benzene rings is 1. The number of rotatable bonds is 6. The van der Waals surface area contributed by atoms with Crippen molar-refractivity contribution in [2.24, 2.45) is 5.92 Å². The summed E-state index contributed by atoms with van der Waals surface area (Å²) in [5.74, 6) is 3.04. The SMILES string of the molecule is CCCNC(Cc1cc(Br)ccc1F)C1CCSC1. The van der Waals surface area contributed by atoms with Crippen LogP contribution in [-0.2, 0) is 6.42 Å². The Morgan fingerprint density at radius 3 is 3.05 bits per heavy atom. The molecular weight excluding hydrogens is 325 g/mol. The van der Waals surface area contributed by atoms with E-state index in [9.17, 15) is 4.39 Å². The summed E-state index contributed by atoms with van der Waals surface area (Å²) >= 11 is 5.45. The summed E-state index contributed by atoms with van der Waals surface area (Å²) in [4.78, 5) is 0. The quantitative estimate of drug-likeness (QED) is 0.826. The molecule has 1 aliphatic rings. The molecule has 1 heterocycles. The van der Waals surface area contributed by atoms with E-state index in [4.69, 9.17) is 0 Å². The molecule has 0 spiro atoms. The molecule has 0 aromatic heterocycles. The van der Waals surface area contributed by atoms with E-state index in [2.05, 4.69) is 28.2 Å². The Morgan fingerprint density at radius 2 is 2.37 bits per heavy atom. The minimum absolute atomic E-state index is 0.0860. The van der Waals surface area contributed by atoms with E-state index in [-0.39, 0.29) is 5.82 Å². The van der Waals surface area contributed by atoms with Gasteiger partial charge in [-0.15, -0.1) is 0 Å². The number of nitrogens with one attached hydrogen (secondary N) is 1. The number of hydrogen-bond acceptors (Lipinski definition) is 2. The van der Waals surface area contributed by atoms with Crippen LogP contribution in [-0.4, -0.2) is 24.1 Å². The van der Waals surface area contributed by atoms with Crippen molar-refractivity contribution in [2.75, 3.05) is 18.1 Å². The largest absolute Gasteiger partial charge is 0.313 e. The Kier molecular flexibility index (Phi) is 6.17. The molecule has 1 aromatic rings. The molecule has 2 rings (SSSR count). The van der Waals surface area contributed by atoms with Gasteiger partial charge in [0.1, 0.15) is 5.82 Å². The monoisotopic (exact) mass is 345 g/mol. The zero-order valence-corrected chi connectivity index (χ0v) is 13.7. The molecule has 0 radical (unpaired) electrons. The lowest BCUT2D eigenvalue weighted by molar-refractivity contribution is 0.376. The van der Waals surface area contributed by atoms with Gasteiger partial charge in [-0.25, -0.2) is 4.39 Å². The topological polar surface area (TPSA) is 12.0 Å². The van der Waals surface area contributed by atoms with Gasteiger partial charge in [0.2, 0.25) is 0 Å². The van der Waals surface area contributed by atoms with Crippen LogP contribution in [0.3, 0.4) is 0 Å². The Bertz CT molecular complexity index is 407. The zero-order chi connectivity index (χ0) is 13.7. The molecule has 1 saturated heterocycles. The fraction of sp³-hybridized carbons (Fsp3) is 0.600. The van der Waals surface area contributed by atoms with E-state index in [0.29, 0.717) is 12.0 Å². The second kappa shape index (κ2) is 7.65. The highest BCUT2D eigenvalue weighted by molar-refractivity contribution is 9.10. The molecule has 0 amide bonds. The molecule has 0 bridgehead atoms. The fourth-order valence-electron chi connectivity index (χ4n) is 2.54. The highest BCUT2D eigenvalue weighted by Gasteiger charge is 2.25. The first-order chi connectivity index (χ1) is 9.20. The van der Waals surface area contributed by atoms with E-state index in [1.54, 1.807) is 12.1 Å². The lowest BCUT2D eigenvalue weighted by Gasteiger charge is -2.24. The normalized spacial score (nSPS) is 20.7. The summed E-state index contributed by atoms with van der Waals surface area (Å²) in [6.07, 6.45) is 3.16. The van der Waals surface area contributed by atoms with Crippen molar-refractivity contribution < 1.29 is 4.39 Å². The van der Waals surface area contributed by atoms with Crippen molar-refractivity contribution in [2.45, 2.75) is 32.2 Å². The van der Waals surface area contributed by atoms with E-state index in [0.717, 1.165) is 29.4 Å². The highest BCUT2D eigenvalue weighted by Crippen LogP contribution is 2.28. The summed E-state index contributed by atoms with van der Waals surface area (Å²) in [5, 5.41) is 3.61. The Labute approximate surface area is 127 Å². The van der Waals surface area contributed by atoms with Crippen LogP contribution < -0.4 is 5.32 Å². The predicted octanol–water partition coefficient (Wildman–Crippen LogP) is 4.25. The minimum Gasteiger partial charge on any atom is -0.313 e. The van der Waals surface area contributed by atoms with Crippen LogP contribution in [0.5, 0.6) is 0 Å². The van der Waals surface area contributed by atoms with E-state index in [1.165, 1.54) is 17.9 Å². The van der Waals surface area contributed by atoms with Crippen LogP contribution in [0.15, 0.2) is 22.7 Å². The molecular formula is C15H21BrFNS. The molecule has 2 unspecified atom stereocenters. The highest BCUT2D eigenvalue weighted by atomic mass is 79.9. The molecule has 0 saturated carbocycles. The molecule has 106 valence electrons. The van der Waals surface area contributed by atoms with Crippen LogP contribution in [0.25, 0.3) is 0 Å². The Morgan fingerprint density at radius 1 is 1.53 bits per heavy atom. The lowest BCUT2D eigenvalue weighted by Crippen LogP contribution is -2.38. The van der Waals surface area contributed by atoms with Crippen molar-refractivity contribution >= 4 is 27.7 Å². The minimum atomic E-state index is -0.0860. The summed E-state index contributed by atoms with van der Waals surface area (Å²) in [5.41, 5.74) is 0.819. The maximum Gasteiger partial charge on any atom is 0.126 e. The summed E-state index contributed by atoms with van der Waals surface area (Å²) in [6, 6.07) is 5.63. The van der Waals surface area contributed by atoms with Crippen molar-refractivity contribution in [3.8, 4) is 0 Å².